The first-order chi connectivity index (χ1) is 16.8. The summed E-state index contributed by atoms with van der Waals surface area (Å²) in [7, 11) is -1.92. The van der Waals surface area contributed by atoms with E-state index in [1.54, 1.807) is 68.8 Å². The molecule has 10 nitrogen and oxygen atoms in total. The zero-order valence-corrected chi connectivity index (χ0v) is 20.3. The van der Waals surface area contributed by atoms with Crippen molar-refractivity contribution < 1.29 is 13.2 Å². The molecule has 4 aromatic rings. The third-order valence-corrected chi connectivity index (χ3v) is 6.48. The van der Waals surface area contributed by atoms with Crippen molar-refractivity contribution in [3.8, 4) is 0 Å². The van der Waals surface area contributed by atoms with Crippen LogP contribution < -0.4 is 14.9 Å². The van der Waals surface area contributed by atoms with Crippen LogP contribution in [0.5, 0.6) is 0 Å². The molecule has 35 heavy (non-hydrogen) atoms. The van der Waals surface area contributed by atoms with Crippen molar-refractivity contribution in [3.63, 3.8) is 0 Å². The Morgan fingerprint density at radius 3 is 2.66 bits per heavy atom. The van der Waals surface area contributed by atoms with Crippen molar-refractivity contribution in [2.75, 3.05) is 29.5 Å². The molecule has 180 valence electrons. The van der Waals surface area contributed by atoms with Crippen LogP contribution in [0.1, 0.15) is 28.5 Å². The predicted molar refractivity (Wildman–Crippen MR) is 138 cm³/mol. The number of para-hydroxylation sites is 1. The Balaban J connectivity index is 1.74. The van der Waals surface area contributed by atoms with E-state index in [9.17, 15) is 13.2 Å². The van der Waals surface area contributed by atoms with Crippen molar-refractivity contribution in [2.45, 2.75) is 6.92 Å². The lowest BCUT2D eigenvalue weighted by Crippen LogP contribution is -2.30. The Morgan fingerprint density at radius 1 is 1.11 bits per heavy atom. The number of rotatable bonds is 8. The number of aromatic amines is 1. The number of benzene rings is 1. The fourth-order valence-electron chi connectivity index (χ4n) is 3.65. The predicted octanol–water partition coefficient (Wildman–Crippen LogP) is 3.41. The first kappa shape index (κ1) is 23.9. The molecule has 0 saturated heterocycles. The minimum atomic E-state index is -3.49. The lowest BCUT2D eigenvalue weighted by Gasteiger charge is -2.20. The van der Waals surface area contributed by atoms with Crippen LogP contribution in [-0.2, 0) is 10.0 Å². The Morgan fingerprint density at radius 2 is 1.91 bits per heavy atom. The summed E-state index contributed by atoms with van der Waals surface area (Å²) in [5.74, 6) is 0.407. The van der Waals surface area contributed by atoms with Crippen molar-refractivity contribution >= 4 is 56.6 Å². The van der Waals surface area contributed by atoms with E-state index in [1.165, 1.54) is 4.31 Å². The molecule has 0 fully saturated rings. The van der Waals surface area contributed by atoms with Gasteiger partial charge in [0.25, 0.3) is 5.91 Å². The maximum Gasteiger partial charge on any atom is 0.253 e. The second kappa shape index (κ2) is 9.94. The molecule has 0 aliphatic heterocycles. The zero-order valence-electron chi connectivity index (χ0n) is 19.5. The topological polar surface area (TPSA) is 133 Å². The number of carbonyl (C=O) groups excluding carboxylic acids is 1. The van der Waals surface area contributed by atoms with Crippen molar-refractivity contribution in [1.82, 2.24) is 25.3 Å². The molecule has 1 aromatic carbocycles. The highest BCUT2D eigenvalue weighted by Gasteiger charge is 2.19. The Bertz CT molecular complexity index is 1510. The van der Waals surface area contributed by atoms with E-state index in [4.69, 9.17) is 0 Å². The van der Waals surface area contributed by atoms with Gasteiger partial charge in [-0.3, -0.25) is 9.10 Å². The van der Waals surface area contributed by atoms with Crippen LogP contribution in [0.25, 0.3) is 23.2 Å². The standard InChI is InChI=1S/C24H25N7O3S/c1-4-31(35(3,33)34)22-16(8-7-14-27-22)11-12-20-17-13-15-26-21(17)30-24(29-20)28-19-10-6-5-9-18(19)23(32)25-2/h5-15H,4H2,1-3H3,(H,25,32)(H2,26,28,29,30)/b12-11+. The van der Waals surface area contributed by atoms with Gasteiger partial charge in [-0.15, -0.1) is 0 Å². The molecule has 4 rings (SSSR count). The van der Waals surface area contributed by atoms with Gasteiger partial charge in [0.05, 0.1) is 23.2 Å². The zero-order chi connectivity index (χ0) is 25.0. The van der Waals surface area contributed by atoms with Gasteiger partial charge in [-0.2, -0.15) is 4.98 Å². The second-order valence-electron chi connectivity index (χ2n) is 7.60. The van der Waals surface area contributed by atoms with Gasteiger partial charge in [0.2, 0.25) is 16.0 Å². The van der Waals surface area contributed by atoms with Gasteiger partial charge in [-0.05, 0) is 49.4 Å². The molecule has 0 saturated carbocycles. The van der Waals surface area contributed by atoms with Crippen LogP contribution in [0, 0.1) is 0 Å². The van der Waals surface area contributed by atoms with Gasteiger partial charge in [0.15, 0.2) is 0 Å². The van der Waals surface area contributed by atoms with Gasteiger partial charge >= 0.3 is 0 Å². The average Bonchev–Trinajstić information content (AvgIpc) is 3.31. The summed E-state index contributed by atoms with van der Waals surface area (Å²) in [4.78, 5) is 28.8. The van der Waals surface area contributed by atoms with Crippen LogP contribution >= 0.6 is 0 Å². The summed E-state index contributed by atoms with van der Waals surface area (Å²) in [6, 6.07) is 12.5. The van der Waals surface area contributed by atoms with Crippen LogP contribution in [0.3, 0.4) is 0 Å². The molecule has 0 spiro atoms. The normalized spacial score (nSPS) is 11.6. The SMILES string of the molecule is CCN(c1ncccc1/C=C/c1nc(Nc2ccccc2C(=O)NC)nc2[nH]ccc12)S(C)(=O)=O. The summed E-state index contributed by atoms with van der Waals surface area (Å²) in [6.45, 7) is 2.01. The molecule has 0 aliphatic carbocycles. The molecule has 0 radical (unpaired) electrons. The molecule has 0 atom stereocenters. The van der Waals surface area contributed by atoms with Crippen molar-refractivity contribution in [3.05, 3.63) is 71.7 Å². The number of H-pyrrole nitrogens is 1. The number of fused-ring (bicyclic) bond motifs is 1. The maximum atomic E-state index is 12.2. The number of nitrogens with one attached hydrogen (secondary N) is 3. The highest BCUT2D eigenvalue weighted by molar-refractivity contribution is 7.92. The van der Waals surface area contributed by atoms with Gasteiger partial charge in [-0.1, -0.05) is 12.1 Å². The molecule has 1 amide bonds. The average molecular weight is 492 g/mol. The molecule has 3 heterocycles. The number of aromatic nitrogens is 4. The molecule has 11 heteroatoms. The summed E-state index contributed by atoms with van der Waals surface area (Å²) >= 11 is 0. The number of sulfonamides is 1. The fraction of sp³-hybridized carbons (Fsp3) is 0.167. The van der Waals surface area contributed by atoms with E-state index in [1.807, 2.05) is 12.1 Å². The monoisotopic (exact) mass is 491 g/mol. The first-order valence-corrected chi connectivity index (χ1v) is 12.7. The van der Waals surface area contributed by atoms with Gasteiger partial charge < -0.3 is 15.6 Å². The number of hydrogen-bond donors (Lipinski definition) is 3. The van der Waals surface area contributed by atoms with Crippen LogP contribution in [0.4, 0.5) is 17.5 Å². The van der Waals surface area contributed by atoms with Gasteiger partial charge in [0.1, 0.15) is 11.5 Å². The number of amides is 1. The molecule has 3 N–H and O–H groups in total. The quantitative estimate of drug-likeness (QED) is 0.344. The minimum absolute atomic E-state index is 0.232. The number of carbonyl (C=O) groups is 1. The summed E-state index contributed by atoms with van der Waals surface area (Å²) in [6.07, 6.45) is 8.02. The van der Waals surface area contributed by atoms with Crippen molar-refractivity contribution in [2.24, 2.45) is 0 Å². The number of hydrogen-bond acceptors (Lipinski definition) is 7. The number of pyridine rings is 1. The maximum absolute atomic E-state index is 12.2. The summed E-state index contributed by atoms with van der Waals surface area (Å²) in [5, 5.41) is 6.54. The number of nitrogens with zero attached hydrogens (tertiary/aromatic N) is 4. The van der Waals surface area contributed by atoms with Crippen LogP contribution in [-0.4, -0.2) is 54.1 Å². The van der Waals surface area contributed by atoms with E-state index in [2.05, 4.69) is 30.6 Å². The van der Waals surface area contributed by atoms with Gasteiger partial charge in [0, 0.05) is 36.9 Å². The Kier molecular flexibility index (Phi) is 6.78. The first-order valence-electron chi connectivity index (χ1n) is 10.9. The molecule has 0 unspecified atom stereocenters. The van der Waals surface area contributed by atoms with E-state index < -0.39 is 10.0 Å². The summed E-state index contributed by atoms with van der Waals surface area (Å²) in [5.41, 5.74) is 2.86. The summed E-state index contributed by atoms with van der Waals surface area (Å²) < 4.78 is 25.7. The Labute approximate surface area is 203 Å². The van der Waals surface area contributed by atoms with Crippen LogP contribution in [0.2, 0.25) is 0 Å². The largest absolute Gasteiger partial charge is 0.355 e. The molecule has 0 bridgehead atoms. The lowest BCUT2D eigenvalue weighted by atomic mass is 10.1. The molecular weight excluding hydrogens is 466 g/mol. The van der Waals surface area contributed by atoms with E-state index in [0.717, 1.165) is 11.6 Å². The van der Waals surface area contributed by atoms with E-state index in [-0.39, 0.29) is 12.5 Å². The Hall–Kier alpha value is -4.25. The highest BCUT2D eigenvalue weighted by Crippen LogP contribution is 2.25. The molecule has 0 aliphatic rings. The molecular formula is C24H25N7O3S. The second-order valence-corrected chi connectivity index (χ2v) is 9.51. The smallest absolute Gasteiger partial charge is 0.253 e. The third-order valence-electron chi connectivity index (χ3n) is 5.25. The van der Waals surface area contributed by atoms with E-state index >= 15 is 0 Å². The molecule has 3 aromatic heterocycles. The van der Waals surface area contributed by atoms with Crippen molar-refractivity contribution in [1.29, 1.82) is 0 Å². The fourth-order valence-corrected chi connectivity index (χ4v) is 4.59. The third kappa shape index (κ3) is 5.14. The number of anilines is 3. The van der Waals surface area contributed by atoms with Crippen LogP contribution in [0.15, 0.2) is 54.9 Å². The highest BCUT2D eigenvalue weighted by atomic mass is 32.2. The lowest BCUT2D eigenvalue weighted by molar-refractivity contribution is 0.0964. The van der Waals surface area contributed by atoms with E-state index in [0.29, 0.717) is 39.9 Å². The minimum Gasteiger partial charge on any atom is -0.355 e. The van der Waals surface area contributed by atoms with Gasteiger partial charge in [-0.25, -0.2) is 18.4 Å².